The van der Waals surface area contributed by atoms with E-state index in [4.69, 9.17) is 0 Å². The van der Waals surface area contributed by atoms with Crippen LogP contribution in [0.25, 0.3) is 0 Å². The lowest BCUT2D eigenvalue weighted by Crippen LogP contribution is -2.43. The standard InChI is InChI=1S/C13H13FO3/c1-8-5-9(7-15)10(6-11(8)14)13(12(16)17)3-2-4-13/h5-7H,2-4H2,1H3,(H,16,17). The SMILES string of the molecule is Cc1cc(C=O)c(C2(C(=O)O)CCC2)cc1F. The van der Waals surface area contributed by atoms with E-state index in [1.54, 1.807) is 6.92 Å². The zero-order valence-corrected chi connectivity index (χ0v) is 9.50. The fraction of sp³-hybridized carbons (Fsp3) is 0.385. The van der Waals surface area contributed by atoms with Gasteiger partial charge in [-0.05, 0) is 43.0 Å². The minimum absolute atomic E-state index is 0.283. The summed E-state index contributed by atoms with van der Waals surface area (Å²) in [4.78, 5) is 22.3. The van der Waals surface area contributed by atoms with Gasteiger partial charge < -0.3 is 5.11 Å². The number of rotatable bonds is 3. The average molecular weight is 236 g/mol. The van der Waals surface area contributed by atoms with Crippen LogP contribution in [0.1, 0.15) is 40.7 Å². The number of hydrogen-bond donors (Lipinski definition) is 1. The van der Waals surface area contributed by atoms with Crippen LogP contribution in [0.2, 0.25) is 0 Å². The molecule has 2 rings (SSSR count). The van der Waals surface area contributed by atoms with Crippen LogP contribution < -0.4 is 0 Å². The first kappa shape index (κ1) is 11.8. The van der Waals surface area contributed by atoms with E-state index in [9.17, 15) is 19.1 Å². The number of carbonyl (C=O) groups excluding carboxylic acids is 1. The monoisotopic (exact) mass is 236 g/mol. The summed E-state index contributed by atoms with van der Waals surface area (Å²) in [7, 11) is 0. The molecule has 0 unspecified atom stereocenters. The number of halogens is 1. The van der Waals surface area contributed by atoms with Gasteiger partial charge in [-0.1, -0.05) is 6.42 Å². The van der Waals surface area contributed by atoms with E-state index in [1.807, 2.05) is 0 Å². The van der Waals surface area contributed by atoms with Gasteiger partial charge >= 0.3 is 5.97 Å². The van der Waals surface area contributed by atoms with Crippen molar-refractivity contribution in [1.82, 2.24) is 0 Å². The molecule has 1 saturated carbocycles. The Morgan fingerprint density at radius 3 is 2.53 bits per heavy atom. The smallest absolute Gasteiger partial charge is 0.314 e. The number of aliphatic carboxylic acids is 1. The maximum absolute atomic E-state index is 13.5. The fourth-order valence-corrected chi connectivity index (χ4v) is 2.34. The van der Waals surface area contributed by atoms with Gasteiger partial charge in [0.15, 0.2) is 0 Å². The molecule has 3 nitrogen and oxygen atoms in total. The predicted octanol–water partition coefficient (Wildman–Crippen LogP) is 2.45. The molecule has 90 valence electrons. The van der Waals surface area contributed by atoms with E-state index in [1.165, 1.54) is 12.1 Å². The fourth-order valence-electron chi connectivity index (χ4n) is 2.34. The van der Waals surface area contributed by atoms with Gasteiger partial charge in [-0.25, -0.2) is 4.39 Å². The second kappa shape index (κ2) is 3.95. The summed E-state index contributed by atoms with van der Waals surface area (Å²) >= 11 is 0. The molecule has 0 spiro atoms. The summed E-state index contributed by atoms with van der Waals surface area (Å²) in [5, 5.41) is 9.28. The Bertz CT molecular complexity index is 490. The summed E-state index contributed by atoms with van der Waals surface area (Å²) in [5.41, 5.74) is -0.110. The van der Waals surface area contributed by atoms with Crippen molar-refractivity contribution in [3.63, 3.8) is 0 Å². The second-order valence-electron chi connectivity index (χ2n) is 4.55. The zero-order valence-electron chi connectivity index (χ0n) is 9.50. The highest BCUT2D eigenvalue weighted by Gasteiger charge is 2.47. The number of carboxylic acids is 1. The number of aryl methyl sites for hydroxylation is 1. The van der Waals surface area contributed by atoms with Gasteiger partial charge in [0.2, 0.25) is 0 Å². The van der Waals surface area contributed by atoms with Gasteiger partial charge in [0, 0.05) is 5.56 Å². The van der Waals surface area contributed by atoms with Gasteiger partial charge in [0.1, 0.15) is 12.1 Å². The Morgan fingerprint density at radius 1 is 1.47 bits per heavy atom. The quantitative estimate of drug-likeness (QED) is 0.820. The van der Waals surface area contributed by atoms with Crippen molar-refractivity contribution in [2.24, 2.45) is 0 Å². The number of aldehydes is 1. The van der Waals surface area contributed by atoms with Gasteiger partial charge in [0.25, 0.3) is 0 Å². The van der Waals surface area contributed by atoms with Crippen LogP contribution in [-0.2, 0) is 10.2 Å². The van der Waals surface area contributed by atoms with Crippen molar-refractivity contribution in [3.8, 4) is 0 Å². The van der Waals surface area contributed by atoms with Crippen LogP contribution in [0.4, 0.5) is 4.39 Å². The third kappa shape index (κ3) is 1.64. The number of hydrogen-bond acceptors (Lipinski definition) is 2. The Labute approximate surface area is 98.3 Å². The highest BCUT2D eigenvalue weighted by Crippen LogP contribution is 2.45. The molecule has 0 aromatic heterocycles. The van der Waals surface area contributed by atoms with Crippen molar-refractivity contribution < 1.29 is 19.1 Å². The molecular formula is C13H13FO3. The van der Waals surface area contributed by atoms with Crippen molar-refractivity contribution in [2.45, 2.75) is 31.6 Å². The molecule has 0 bridgehead atoms. The Balaban J connectivity index is 2.61. The molecule has 1 aromatic carbocycles. The maximum Gasteiger partial charge on any atom is 0.314 e. The second-order valence-corrected chi connectivity index (χ2v) is 4.55. The molecule has 1 aliphatic carbocycles. The highest BCUT2D eigenvalue weighted by atomic mass is 19.1. The van der Waals surface area contributed by atoms with E-state index < -0.39 is 17.2 Å². The molecule has 1 N–H and O–H groups in total. The van der Waals surface area contributed by atoms with Crippen LogP contribution in [0.3, 0.4) is 0 Å². The molecule has 0 saturated heterocycles. The van der Waals surface area contributed by atoms with Crippen LogP contribution in [0.15, 0.2) is 12.1 Å². The molecule has 0 radical (unpaired) electrons. The first-order valence-corrected chi connectivity index (χ1v) is 5.50. The molecule has 1 aliphatic rings. The first-order valence-electron chi connectivity index (χ1n) is 5.50. The molecular weight excluding hydrogens is 223 g/mol. The first-order chi connectivity index (χ1) is 8.01. The van der Waals surface area contributed by atoms with Crippen molar-refractivity contribution >= 4 is 12.3 Å². The third-order valence-corrected chi connectivity index (χ3v) is 3.59. The Morgan fingerprint density at radius 2 is 2.12 bits per heavy atom. The van der Waals surface area contributed by atoms with E-state index in [0.717, 1.165) is 6.42 Å². The topological polar surface area (TPSA) is 54.4 Å². The molecule has 17 heavy (non-hydrogen) atoms. The van der Waals surface area contributed by atoms with Gasteiger partial charge in [-0.15, -0.1) is 0 Å². The van der Waals surface area contributed by atoms with Crippen LogP contribution in [0, 0.1) is 12.7 Å². The van der Waals surface area contributed by atoms with E-state index in [2.05, 4.69) is 0 Å². The van der Waals surface area contributed by atoms with E-state index >= 15 is 0 Å². The molecule has 0 amide bonds. The minimum atomic E-state index is -1.06. The van der Waals surface area contributed by atoms with Crippen molar-refractivity contribution in [2.75, 3.05) is 0 Å². The van der Waals surface area contributed by atoms with Crippen LogP contribution >= 0.6 is 0 Å². The Kier molecular flexibility index (Phi) is 2.73. The summed E-state index contributed by atoms with van der Waals surface area (Å²) < 4.78 is 13.5. The lowest BCUT2D eigenvalue weighted by molar-refractivity contribution is -0.147. The highest BCUT2D eigenvalue weighted by molar-refractivity contribution is 5.88. The molecule has 1 fully saturated rings. The number of benzene rings is 1. The summed E-state index contributed by atoms with van der Waals surface area (Å²) in [6.07, 6.45) is 2.32. The summed E-state index contributed by atoms with van der Waals surface area (Å²) in [5.74, 6) is -1.44. The number of carboxylic acid groups (broad SMARTS) is 1. The lowest BCUT2D eigenvalue weighted by atomic mass is 9.63. The van der Waals surface area contributed by atoms with E-state index in [0.29, 0.717) is 30.3 Å². The maximum atomic E-state index is 13.5. The van der Waals surface area contributed by atoms with Gasteiger partial charge in [-0.3, -0.25) is 9.59 Å². The number of carbonyl (C=O) groups is 2. The van der Waals surface area contributed by atoms with Crippen molar-refractivity contribution in [3.05, 3.63) is 34.6 Å². The van der Waals surface area contributed by atoms with Gasteiger partial charge in [-0.2, -0.15) is 0 Å². The molecule has 0 aliphatic heterocycles. The zero-order chi connectivity index (χ0) is 12.6. The average Bonchev–Trinajstić information content (AvgIpc) is 2.20. The van der Waals surface area contributed by atoms with Crippen LogP contribution in [-0.4, -0.2) is 17.4 Å². The molecule has 0 atom stereocenters. The Hall–Kier alpha value is -1.71. The minimum Gasteiger partial charge on any atom is -0.481 e. The largest absolute Gasteiger partial charge is 0.481 e. The molecule has 1 aromatic rings. The normalized spacial score (nSPS) is 17.3. The third-order valence-electron chi connectivity index (χ3n) is 3.59. The molecule has 4 heteroatoms. The predicted molar refractivity (Wildman–Crippen MR) is 59.7 cm³/mol. The van der Waals surface area contributed by atoms with Gasteiger partial charge in [0.05, 0.1) is 5.41 Å². The van der Waals surface area contributed by atoms with E-state index in [-0.39, 0.29) is 5.56 Å². The summed E-state index contributed by atoms with van der Waals surface area (Å²) in [6.45, 7) is 1.56. The van der Waals surface area contributed by atoms with Crippen LogP contribution in [0.5, 0.6) is 0 Å². The summed E-state index contributed by atoms with van der Waals surface area (Å²) in [6, 6.07) is 2.62. The van der Waals surface area contributed by atoms with Crippen molar-refractivity contribution in [1.29, 1.82) is 0 Å². The lowest BCUT2D eigenvalue weighted by Gasteiger charge is -2.38. The molecule has 0 heterocycles.